The molecular weight excluding hydrogens is 228 g/mol. The van der Waals surface area contributed by atoms with Crippen molar-refractivity contribution in [3.63, 3.8) is 0 Å². The largest absolute Gasteiger partial charge is 0.463 e. The molecule has 5 nitrogen and oxygen atoms in total. The van der Waals surface area contributed by atoms with Gasteiger partial charge in [0.15, 0.2) is 0 Å². The van der Waals surface area contributed by atoms with E-state index in [-0.39, 0.29) is 6.23 Å². The molecule has 16 heavy (non-hydrogen) atoms. The molecule has 0 aliphatic heterocycles. The summed E-state index contributed by atoms with van der Waals surface area (Å²) in [5.41, 5.74) is 0.369. The van der Waals surface area contributed by atoms with Gasteiger partial charge in [-0.05, 0) is 6.92 Å². The number of carbonyl (C=O) groups excluding carboxylic acids is 1. The molecule has 0 saturated carbocycles. The van der Waals surface area contributed by atoms with Crippen molar-refractivity contribution in [2.24, 2.45) is 0 Å². The van der Waals surface area contributed by atoms with Crippen molar-refractivity contribution in [2.45, 2.75) is 6.92 Å². The van der Waals surface area contributed by atoms with Crippen LogP contribution in [0.5, 0.6) is 0 Å². The fourth-order valence-corrected chi connectivity index (χ4v) is 3.20. The highest BCUT2D eigenvalue weighted by Gasteiger charge is 2.36. The minimum Gasteiger partial charge on any atom is -0.463 e. The Kier molecular flexibility index (Phi) is 7.23. The Morgan fingerprint density at radius 3 is 1.94 bits per heavy atom. The van der Waals surface area contributed by atoms with E-state index < -0.39 is 14.3 Å². The Labute approximate surface area is 97.5 Å². The summed E-state index contributed by atoms with van der Waals surface area (Å²) >= 11 is 0. The van der Waals surface area contributed by atoms with Crippen LogP contribution in [0.1, 0.15) is 6.92 Å². The summed E-state index contributed by atoms with van der Waals surface area (Å²) in [5, 5.41) is 0. The summed E-state index contributed by atoms with van der Waals surface area (Å²) in [5.74, 6) is -0.416. The molecule has 0 saturated heterocycles. The molecule has 0 aromatic carbocycles. The number of hydrogen-bond donors (Lipinski definition) is 0. The van der Waals surface area contributed by atoms with Crippen molar-refractivity contribution in [3.8, 4) is 0 Å². The first-order chi connectivity index (χ1) is 7.51. The van der Waals surface area contributed by atoms with E-state index in [0.717, 1.165) is 0 Å². The maximum atomic E-state index is 11.3. The predicted molar refractivity (Wildman–Crippen MR) is 62.3 cm³/mol. The summed E-state index contributed by atoms with van der Waals surface area (Å²) in [6, 6.07) is 0. The van der Waals surface area contributed by atoms with Gasteiger partial charge >= 0.3 is 5.97 Å². The number of hydrogen-bond acceptors (Lipinski definition) is 5. The third kappa shape index (κ3) is 4.89. The Hall–Kier alpha value is -0.693. The van der Waals surface area contributed by atoms with Crippen LogP contribution in [0.2, 0.25) is 0 Å². The van der Waals surface area contributed by atoms with Gasteiger partial charge < -0.3 is 18.6 Å². The smallest absolute Gasteiger partial charge is 0.332 e. The van der Waals surface area contributed by atoms with E-state index >= 15 is 0 Å². The van der Waals surface area contributed by atoms with Crippen LogP contribution in [-0.4, -0.2) is 54.3 Å². The maximum Gasteiger partial charge on any atom is 0.332 e. The SMILES string of the molecule is C=C(C)C(=O)OC[Si](COC)(COC)OC. The highest BCUT2D eigenvalue weighted by atomic mass is 28.4. The van der Waals surface area contributed by atoms with Crippen molar-refractivity contribution in [1.29, 1.82) is 0 Å². The van der Waals surface area contributed by atoms with Crippen LogP contribution in [-0.2, 0) is 23.4 Å². The quantitative estimate of drug-likeness (QED) is 0.358. The van der Waals surface area contributed by atoms with Gasteiger partial charge in [0.05, 0.1) is 12.5 Å². The lowest BCUT2D eigenvalue weighted by atomic mass is 10.4. The van der Waals surface area contributed by atoms with E-state index in [1.165, 1.54) is 0 Å². The normalized spacial score (nSPS) is 11.2. The lowest BCUT2D eigenvalue weighted by Crippen LogP contribution is -2.53. The molecule has 6 heteroatoms. The topological polar surface area (TPSA) is 54.0 Å². The molecule has 0 amide bonds. The molecule has 0 fully saturated rings. The van der Waals surface area contributed by atoms with Crippen molar-refractivity contribution >= 4 is 14.3 Å². The molecule has 0 bridgehead atoms. The molecule has 0 spiro atoms. The van der Waals surface area contributed by atoms with Gasteiger partial charge in [-0.2, -0.15) is 0 Å². The molecule has 94 valence electrons. The van der Waals surface area contributed by atoms with E-state index in [2.05, 4.69) is 6.58 Å². The maximum absolute atomic E-state index is 11.3. The Bertz CT molecular complexity index is 235. The zero-order valence-corrected chi connectivity index (χ0v) is 11.4. The van der Waals surface area contributed by atoms with Gasteiger partial charge in [0, 0.05) is 26.9 Å². The van der Waals surface area contributed by atoms with E-state index in [9.17, 15) is 4.79 Å². The first kappa shape index (κ1) is 15.3. The Balaban J connectivity index is 4.40. The summed E-state index contributed by atoms with van der Waals surface area (Å²) < 4.78 is 20.7. The van der Waals surface area contributed by atoms with Crippen molar-refractivity contribution in [2.75, 3.05) is 40.0 Å². The lowest BCUT2D eigenvalue weighted by Gasteiger charge is -2.27. The van der Waals surface area contributed by atoms with Gasteiger partial charge in [0.25, 0.3) is 8.32 Å². The third-order valence-electron chi connectivity index (χ3n) is 2.06. The molecule has 0 atom stereocenters. The van der Waals surface area contributed by atoms with Gasteiger partial charge in [-0.25, -0.2) is 4.79 Å². The van der Waals surface area contributed by atoms with Crippen LogP contribution in [0, 0.1) is 0 Å². The van der Waals surface area contributed by atoms with Gasteiger partial charge in [0.2, 0.25) is 0 Å². The van der Waals surface area contributed by atoms with E-state index in [1.54, 1.807) is 28.3 Å². The number of rotatable bonds is 8. The standard InChI is InChI=1S/C10H20O5Si/c1-9(2)10(11)15-8-16(14-5,6-12-3)7-13-4/h1,6-8H2,2-5H3. The second kappa shape index (κ2) is 7.56. The number of methoxy groups -OCH3 is 2. The molecule has 0 aliphatic carbocycles. The van der Waals surface area contributed by atoms with Gasteiger partial charge in [-0.1, -0.05) is 6.58 Å². The van der Waals surface area contributed by atoms with E-state index in [0.29, 0.717) is 18.0 Å². The molecule has 0 aromatic heterocycles. The molecule has 0 N–H and O–H groups in total. The predicted octanol–water partition coefficient (Wildman–Crippen LogP) is 0.608. The molecule has 0 aliphatic rings. The van der Waals surface area contributed by atoms with Gasteiger partial charge in [-0.3, -0.25) is 0 Å². The number of esters is 1. The van der Waals surface area contributed by atoms with Crippen molar-refractivity contribution in [3.05, 3.63) is 12.2 Å². The summed E-state index contributed by atoms with van der Waals surface area (Å²) in [6.07, 6.45) is 1.04. The van der Waals surface area contributed by atoms with Crippen LogP contribution in [0.3, 0.4) is 0 Å². The minimum atomic E-state index is -2.31. The molecule has 0 radical (unpaired) electrons. The summed E-state index contributed by atoms with van der Waals surface area (Å²) in [7, 11) is 2.44. The van der Waals surface area contributed by atoms with Crippen LogP contribution in [0.25, 0.3) is 0 Å². The van der Waals surface area contributed by atoms with Gasteiger partial charge in [-0.15, -0.1) is 0 Å². The Morgan fingerprint density at radius 1 is 1.12 bits per heavy atom. The number of carbonyl (C=O) groups is 1. The lowest BCUT2D eigenvalue weighted by molar-refractivity contribution is -0.137. The fourth-order valence-electron chi connectivity index (χ4n) is 1.15. The zero-order chi connectivity index (χ0) is 12.6. The highest BCUT2D eigenvalue weighted by molar-refractivity contribution is 6.73. The molecule has 0 heterocycles. The highest BCUT2D eigenvalue weighted by Crippen LogP contribution is 2.07. The summed E-state index contributed by atoms with van der Waals surface area (Å²) in [6.45, 7) is 5.11. The fraction of sp³-hybridized carbons (Fsp3) is 0.700. The second-order valence-corrected chi connectivity index (χ2v) is 7.25. The van der Waals surface area contributed by atoms with Crippen LogP contribution < -0.4 is 0 Å². The molecular formula is C10H20O5Si. The van der Waals surface area contributed by atoms with Crippen molar-refractivity contribution < 1.29 is 23.4 Å². The first-order valence-corrected chi connectivity index (χ1v) is 7.40. The van der Waals surface area contributed by atoms with Crippen LogP contribution >= 0.6 is 0 Å². The van der Waals surface area contributed by atoms with Gasteiger partial charge in [0.1, 0.15) is 6.23 Å². The molecule has 0 rings (SSSR count). The van der Waals surface area contributed by atoms with Crippen LogP contribution in [0.4, 0.5) is 0 Å². The third-order valence-corrected chi connectivity index (χ3v) is 5.23. The average Bonchev–Trinajstić information content (AvgIpc) is 2.25. The molecule has 0 unspecified atom stereocenters. The van der Waals surface area contributed by atoms with Crippen LogP contribution in [0.15, 0.2) is 12.2 Å². The van der Waals surface area contributed by atoms with Crippen molar-refractivity contribution in [1.82, 2.24) is 0 Å². The number of ether oxygens (including phenoxy) is 3. The Morgan fingerprint density at radius 2 is 1.62 bits per heavy atom. The monoisotopic (exact) mass is 248 g/mol. The molecule has 0 aromatic rings. The second-order valence-electron chi connectivity index (χ2n) is 3.61. The zero-order valence-electron chi connectivity index (χ0n) is 10.4. The first-order valence-electron chi connectivity index (χ1n) is 4.87. The summed E-state index contributed by atoms with van der Waals surface area (Å²) in [4.78, 5) is 11.3. The average molecular weight is 248 g/mol. The minimum absolute atomic E-state index is 0.205. The van der Waals surface area contributed by atoms with E-state index in [4.69, 9.17) is 18.6 Å². The van der Waals surface area contributed by atoms with E-state index in [1.807, 2.05) is 0 Å².